The first kappa shape index (κ1) is 15.8. The largest absolute Gasteiger partial charge is 0.454 e. The van der Waals surface area contributed by atoms with Crippen molar-refractivity contribution < 1.29 is 9.53 Å². The lowest BCUT2D eigenvalue weighted by atomic mass is 9.92. The number of rotatable bonds is 3. The summed E-state index contributed by atoms with van der Waals surface area (Å²) in [6.07, 6.45) is -0.0105. The molecule has 5 heteroatoms. The molecule has 0 fully saturated rings. The Morgan fingerprint density at radius 3 is 2.71 bits per heavy atom. The quantitative estimate of drug-likeness (QED) is 0.795. The van der Waals surface area contributed by atoms with Gasteiger partial charge in [-0.2, -0.15) is 0 Å². The first-order valence-corrected chi connectivity index (χ1v) is 7.36. The number of esters is 1. The van der Waals surface area contributed by atoms with Gasteiger partial charge in [-0.3, -0.25) is 4.79 Å². The Bertz CT molecular complexity index is 671. The van der Waals surface area contributed by atoms with Gasteiger partial charge in [-0.25, -0.2) is 4.98 Å². The third-order valence-corrected chi connectivity index (χ3v) is 3.46. The molecule has 4 nitrogen and oxygen atoms in total. The minimum atomic E-state index is -0.393. The standard InChI is InChI=1S/C16H21ClN2O2/c1-10(21-14(20)9-16(2,3)4)15-18-12-8-11(17)6-7-13(12)19(15)5/h6-8,10H,9H2,1-5H3/t10-/m0/s1. The van der Waals surface area contributed by atoms with Crippen LogP contribution < -0.4 is 0 Å². The number of carbonyl (C=O) groups is 1. The molecule has 2 aromatic rings. The Morgan fingerprint density at radius 1 is 1.43 bits per heavy atom. The fourth-order valence-electron chi connectivity index (χ4n) is 2.28. The molecule has 0 aliphatic rings. The minimum Gasteiger partial charge on any atom is -0.454 e. The maximum absolute atomic E-state index is 11.9. The van der Waals surface area contributed by atoms with E-state index in [9.17, 15) is 4.79 Å². The lowest BCUT2D eigenvalue weighted by molar-refractivity contribution is -0.151. The van der Waals surface area contributed by atoms with Crippen LogP contribution in [0.4, 0.5) is 0 Å². The first-order valence-electron chi connectivity index (χ1n) is 6.99. The zero-order valence-corrected chi connectivity index (χ0v) is 13.9. The molecule has 1 heterocycles. The van der Waals surface area contributed by atoms with Crippen molar-refractivity contribution in [2.45, 2.75) is 40.2 Å². The van der Waals surface area contributed by atoms with Gasteiger partial charge in [0.05, 0.1) is 17.5 Å². The highest BCUT2D eigenvalue weighted by molar-refractivity contribution is 6.31. The van der Waals surface area contributed by atoms with E-state index < -0.39 is 6.10 Å². The summed E-state index contributed by atoms with van der Waals surface area (Å²) in [5, 5.41) is 0.643. The van der Waals surface area contributed by atoms with Gasteiger partial charge >= 0.3 is 5.97 Å². The van der Waals surface area contributed by atoms with Gasteiger partial charge in [0.15, 0.2) is 11.9 Å². The molecule has 0 radical (unpaired) electrons. The lowest BCUT2D eigenvalue weighted by Crippen LogP contribution is -2.18. The zero-order valence-electron chi connectivity index (χ0n) is 13.1. The molecule has 0 bridgehead atoms. The molecule has 2 rings (SSSR count). The number of imidazole rings is 1. The monoisotopic (exact) mass is 308 g/mol. The molecule has 114 valence electrons. The van der Waals surface area contributed by atoms with Crippen LogP contribution in [0.3, 0.4) is 0 Å². The highest BCUT2D eigenvalue weighted by Gasteiger charge is 2.22. The summed E-state index contributed by atoms with van der Waals surface area (Å²) < 4.78 is 7.43. The van der Waals surface area contributed by atoms with Gasteiger partial charge in [0, 0.05) is 12.1 Å². The van der Waals surface area contributed by atoms with Gasteiger partial charge in [0.2, 0.25) is 0 Å². The molecular formula is C16H21ClN2O2. The second-order valence-electron chi connectivity index (χ2n) is 6.53. The van der Waals surface area contributed by atoms with E-state index in [1.807, 2.05) is 57.5 Å². The summed E-state index contributed by atoms with van der Waals surface area (Å²) in [6.45, 7) is 7.87. The molecule has 0 spiro atoms. The van der Waals surface area contributed by atoms with Crippen molar-refractivity contribution in [1.29, 1.82) is 0 Å². The molecular weight excluding hydrogens is 288 g/mol. The number of hydrogen-bond acceptors (Lipinski definition) is 3. The Morgan fingerprint density at radius 2 is 2.10 bits per heavy atom. The van der Waals surface area contributed by atoms with Crippen molar-refractivity contribution in [3.63, 3.8) is 0 Å². The Labute approximate surface area is 130 Å². The van der Waals surface area contributed by atoms with Crippen molar-refractivity contribution in [2.24, 2.45) is 12.5 Å². The molecule has 21 heavy (non-hydrogen) atoms. The van der Waals surface area contributed by atoms with E-state index >= 15 is 0 Å². The van der Waals surface area contributed by atoms with E-state index in [0.717, 1.165) is 16.9 Å². The highest BCUT2D eigenvalue weighted by Crippen LogP contribution is 2.26. The van der Waals surface area contributed by atoms with Gasteiger partial charge < -0.3 is 9.30 Å². The van der Waals surface area contributed by atoms with Gasteiger partial charge in [-0.15, -0.1) is 0 Å². The summed E-state index contributed by atoms with van der Waals surface area (Å²) in [5.41, 5.74) is 1.68. The summed E-state index contributed by atoms with van der Waals surface area (Å²) in [5.74, 6) is 0.509. The number of aryl methyl sites for hydroxylation is 1. The molecule has 1 aromatic carbocycles. The van der Waals surface area contributed by atoms with Crippen molar-refractivity contribution in [1.82, 2.24) is 9.55 Å². The molecule has 0 aliphatic heterocycles. The average Bonchev–Trinajstić information content (AvgIpc) is 2.63. The maximum Gasteiger partial charge on any atom is 0.307 e. The summed E-state index contributed by atoms with van der Waals surface area (Å²) in [7, 11) is 1.91. The molecule has 0 unspecified atom stereocenters. The summed E-state index contributed by atoms with van der Waals surface area (Å²) in [4.78, 5) is 16.5. The number of nitrogens with zero attached hydrogens (tertiary/aromatic N) is 2. The first-order chi connectivity index (χ1) is 9.67. The molecule has 1 atom stereocenters. The third-order valence-electron chi connectivity index (χ3n) is 3.22. The fourth-order valence-corrected chi connectivity index (χ4v) is 2.45. The van der Waals surface area contributed by atoms with Crippen molar-refractivity contribution in [3.05, 3.63) is 29.0 Å². The number of hydrogen-bond donors (Lipinski definition) is 0. The molecule has 0 N–H and O–H groups in total. The van der Waals surface area contributed by atoms with E-state index in [-0.39, 0.29) is 11.4 Å². The number of carbonyl (C=O) groups excluding carboxylic acids is 1. The highest BCUT2D eigenvalue weighted by atomic mass is 35.5. The van der Waals surface area contributed by atoms with Crippen LogP contribution in [0.25, 0.3) is 11.0 Å². The van der Waals surface area contributed by atoms with Crippen LogP contribution in [0.5, 0.6) is 0 Å². The zero-order chi connectivity index (χ0) is 15.8. The normalized spacial score (nSPS) is 13.4. The number of halogens is 1. The number of aromatic nitrogens is 2. The van der Waals surface area contributed by atoms with Crippen LogP contribution >= 0.6 is 11.6 Å². The number of fused-ring (bicyclic) bond motifs is 1. The Kier molecular flexibility index (Phi) is 4.28. The predicted molar refractivity (Wildman–Crippen MR) is 84.3 cm³/mol. The SMILES string of the molecule is C[C@H](OC(=O)CC(C)(C)C)c1nc2cc(Cl)ccc2n1C. The molecule has 0 saturated carbocycles. The van der Waals surface area contributed by atoms with Crippen LogP contribution in [-0.2, 0) is 16.6 Å². The second-order valence-corrected chi connectivity index (χ2v) is 6.97. The van der Waals surface area contributed by atoms with Gasteiger partial charge in [-0.05, 0) is 30.5 Å². The van der Waals surface area contributed by atoms with E-state index in [0.29, 0.717) is 11.4 Å². The summed E-state index contributed by atoms with van der Waals surface area (Å²) in [6, 6.07) is 5.55. The van der Waals surface area contributed by atoms with Gasteiger partial charge in [0.25, 0.3) is 0 Å². The van der Waals surface area contributed by atoms with Gasteiger partial charge in [0.1, 0.15) is 0 Å². The Hall–Kier alpha value is -1.55. The average molecular weight is 309 g/mol. The van der Waals surface area contributed by atoms with Crippen LogP contribution in [0, 0.1) is 5.41 Å². The lowest BCUT2D eigenvalue weighted by Gasteiger charge is -2.19. The van der Waals surface area contributed by atoms with Crippen molar-refractivity contribution in [2.75, 3.05) is 0 Å². The topological polar surface area (TPSA) is 44.1 Å². The van der Waals surface area contributed by atoms with E-state index in [1.54, 1.807) is 0 Å². The fraction of sp³-hybridized carbons (Fsp3) is 0.500. The Balaban J connectivity index is 2.21. The molecule has 0 saturated heterocycles. The van der Waals surface area contributed by atoms with E-state index in [4.69, 9.17) is 16.3 Å². The van der Waals surface area contributed by atoms with Crippen molar-refractivity contribution >= 4 is 28.6 Å². The van der Waals surface area contributed by atoms with Gasteiger partial charge in [-0.1, -0.05) is 32.4 Å². The molecule has 0 amide bonds. The minimum absolute atomic E-state index is 0.0866. The predicted octanol–water partition coefficient (Wildman–Crippen LogP) is 4.27. The van der Waals surface area contributed by atoms with Crippen LogP contribution in [0.2, 0.25) is 5.02 Å². The van der Waals surface area contributed by atoms with Crippen LogP contribution in [-0.4, -0.2) is 15.5 Å². The summed E-state index contributed by atoms with van der Waals surface area (Å²) >= 11 is 5.98. The molecule has 1 aromatic heterocycles. The number of ether oxygens (including phenoxy) is 1. The van der Waals surface area contributed by atoms with E-state index in [2.05, 4.69) is 4.98 Å². The van der Waals surface area contributed by atoms with E-state index in [1.165, 1.54) is 0 Å². The maximum atomic E-state index is 11.9. The third kappa shape index (κ3) is 3.76. The van der Waals surface area contributed by atoms with Crippen molar-refractivity contribution in [3.8, 4) is 0 Å². The smallest absolute Gasteiger partial charge is 0.307 e. The van der Waals surface area contributed by atoms with Crippen LogP contribution in [0.15, 0.2) is 18.2 Å². The van der Waals surface area contributed by atoms with Crippen LogP contribution in [0.1, 0.15) is 46.0 Å². The number of benzene rings is 1. The molecule has 0 aliphatic carbocycles. The second kappa shape index (κ2) is 5.68.